The Morgan fingerprint density at radius 3 is 3.00 bits per heavy atom. The molecule has 0 radical (unpaired) electrons. The van der Waals surface area contributed by atoms with Gasteiger partial charge in [-0.15, -0.1) is 0 Å². The zero-order chi connectivity index (χ0) is 13.7. The van der Waals surface area contributed by atoms with E-state index in [1.807, 2.05) is 12.1 Å². The summed E-state index contributed by atoms with van der Waals surface area (Å²) in [6.45, 7) is 3.69. The summed E-state index contributed by atoms with van der Waals surface area (Å²) in [6, 6.07) is 5.51. The summed E-state index contributed by atoms with van der Waals surface area (Å²) < 4.78 is 10.6. The Morgan fingerprint density at radius 2 is 2.32 bits per heavy atom. The molecule has 1 N–H and O–H groups in total. The lowest BCUT2D eigenvalue weighted by atomic mass is 10.0. The average Bonchev–Trinajstić information content (AvgIpc) is 2.42. The van der Waals surface area contributed by atoms with Crippen LogP contribution in [0.2, 0.25) is 0 Å². The van der Waals surface area contributed by atoms with Crippen molar-refractivity contribution < 1.29 is 14.6 Å². The molecular formula is C15H23NO3. The summed E-state index contributed by atoms with van der Waals surface area (Å²) in [5.41, 5.74) is 1.15. The normalized spacial score (nSPS) is 19.6. The monoisotopic (exact) mass is 265 g/mol. The second kappa shape index (κ2) is 6.78. The van der Waals surface area contributed by atoms with E-state index in [1.165, 1.54) is 12.8 Å². The number of hydrogen-bond acceptors (Lipinski definition) is 4. The zero-order valence-electron chi connectivity index (χ0n) is 11.8. The van der Waals surface area contributed by atoms with Crippen LogP contribution in [0.15, 0.2) is 18.2 Å². The van der Waals surface area contributed by atoms with Crippen LogP contribution in [-0.2, 0) is 11.3 Å². The highest BCUT2D eigenvalue weighted by Gasteiger charge is 2.16. The third-order valence-corrected chi connectivity index (χ3v) is 3.52. The van der Waals surface area contributed by atoms with E-state index in [1.54, 1.807) is 13.2 Å². The SMILES string of the molecule is COc1cc(CN(C)CC2CCCOC2)ccc1O. The summed E-state index contributed by atoms with van der Waals surface area (Å²) in [7, 11) is 3.69. The third-order valence-electron chi connectivity index (χ3n) is 3.52. The lowest BCUT2D eigenvalue weighted by Gasteiger charge is -2.27. The number of methoxy groups -OCH3 is 1. The maximum Gasteiger partial charge on any atom is 0.160 e. The van der Waals surface area contributed by atoms with Crippen LogP contribution in [0.3, 0.4) is 0 Å². The van der Waals surface area contributed by atoms with Crippen LogP contribution in [0.1, 0.15) is 18.4 Å². The third kappa shape index (κ3) is 4.11. The molecule has 1 heterocycles. The standard InChI is InChI=1S/C15H23NO3/c1-16(10-13-4-3-7-19-11-13)9-12-5-6-14(17)15(8-12)18-2/h5-6,8,13,17H,3-4,7,9-11H2,1-2H3. The van der Waals surface area contributed by atoms with Gasteiger partial charge >= 0.3 is 0 Å². The fourth-order valence-electron chi connectivity index (χ4n) is 2.59. The number of rotatable bonds is 5. The quantitative estimate of drug-likeness (QED) is 0.886. The van der Waals surface area contributed by atoms with Crippen molar-refractivity contribution in [3.63, 3.8) is 0 Å². The zero-order valence-corrected chi connectivity index (χ0v) is 11.8. The molecule has 19 heavy (non-hydrogen) atoms. The first kappa shape index (κ1) is 14.2. The van der Waals surface area contributed by atoms with Crippen molar-refractivity contribution in [3.05, 3.63) is 23.8 Å². The summed E-state index contributed by atoms with van der Waals surface area (Å²) >= 11 is 0. The topological polar surface area (TPSA) is 41.9 Å². The molecular weight excluding hydrogens is 242 g/mol. The smallest absolute Gasteiger partial charge is 0.160 e. The number of nitrogens with zero attached hydrogens (tertiary/aromatic N) is 1. The van der Waals surface area contributed by atoms with Gasteiger partial charge in [0.15, 0.2) is 11.5 Å². The lowest BCUT2D eigenvalue weighted by Crippen LogP contribution is -2.30. The van der Waals surface area contributed by atoms with Crippen molar-refractivity contribution in [2.45, 2.75) is 19.4 Å². The molecule has 1 atom stereocenters. The first-order chi connectivity index (χ1) is 9.19. The Hall–Kier alpha value is -1.26. The van der Waals surface area contributed by atoms with Crippen LogP contribution in [0.4, 0.5) is 0 Å². The predicted molar refractivity (Wildman–Crippen MR) is 74.5 cm³/mol. The molecule has 4 nitrogen and oxygen atoms in total. The molecule has 2 rings (SSSR count). The van der Waals surface area contributed by atoms with E-state index in [2.05, 4.69) is 11.9 Å². The summed E-state index contributed by atoms with van der Waals surface area (Å²) in [4.78, 5) is 2.30. The molecule has 1 aliphatic heterocycles. The van der Waals surface area contributed by atoms with Crippen LogP contribution in [0.5, 0.6) is 11.5 Å². The molecule has 1 aromatic carbocycles. The fraction of sp³-hybridized carbons (Fsp3) is 0.600. The van der Waals surface area contributed by atoms with Crippen molar-refractivity contribution in [1.82, 2.24) is 4.90 Å². The maximum absolute atomic E-state index is 9.58. The van der Waals surface area contributed by atoms with Crippen molar-refractivity contribution in [2.75, 3.05) is 33.9 Å². The lowest BCUT2D eigenvalue weighted by molar-refractivity contribution is 0.0411. The van der Waals surface area contributed by atoms with E-state index >= 15 is 0 Å². The van der Waals surface area contributed by atoms with Crippen LogP contribution in [0.25, 0.3) is 0 Å². The number of phenolic OH excluding ortho intramolecular Hbond substituents is 1. The molecule has 1 aromatic rings. The average molecular weight is 265 g/mol. The molecule has 0 saturated carbocycles. The highest BCUT2D eigenvalue weighted by atomic mass is 16.5. The second-order valence-corrected chi connectivity index (χ2v) is 5.29. The molecule has 1 aliphatic rings. The summed E-state index contributed by atoms with van der Waals surface area (Å²) in [6.07, 6.45) is 2.43. The Labute approximate surface area is 114 Å². The van der Waals surface area contributed by atoms with Crippen molar-refractivity contribution in [2.24, 2.45) is 5.92 Å². The van der Waals surface area contributed by atoms with Gasteiger partial charge in [0.2, 0.25) is 0 Å². The molecule has 1 unspecified atom stereocenters. The molecule has 0 aliphatic carbocycles. The van der Waals surface area contributed by atoms with Gasteiger partial charge in [-0.2, -0.15) is 0 Å². The highest BCUT2D eigenvalue weighted by Crippen LogP contribution is 2.27. The Kier molecular flexibility index (Phi) is 5.05. The van der Waals surface area contributed by atoms with Gasteiger partial charge in [0.25, 0.3) is 0 Å². The number of benzene rings is 1. The van der Waals surface area contributed by atoms with E-state index in [0.29, 0.717) is 11.7 Å². The number of aromatic hydroxyl groups is 1. The van der Waals surface area contributed by atoms with Crippen LogP contribution in [-0.4, -0.2) is 43.9 Å². The molecule has 0 amide bonds. The van der Waals surface area contributed by atoms with Crippen molar-refractivity contribution >= 4 is 0 Å². The molecule has 0 spiro atoms. The minimum atomic E-state index is 0.189. The minimum absolute atomic E-state index is 0.189. The van der Waals surface area contributed by atoms with Crippen LogP contribution >= 0.6 is 0 Å². The first-order valence-corrected chi connectivity index (χ1v) is 6.81. The molecule has 106 valence electrons. The summed E-state index contributed by atoms with van der Waals surface area (Å²) in [5, 5.41) is 9.58. The summed E-state index contributed by atoms with van der Waals surface area (Å²) in [5.74, 6) is 1.36. The van der Waals surface area contributed by atoms with E-state index in [4.69, 9.17) is 9.47 Å². The molecule has 1 fully saturated rings. The van der Waals surface area contributed by atoms with Crippen LogP contribution in [0, 0.1) is 5.92 Å². The van der Waals surface area contributed by atoms with Gasteiger partial charge in [-0.25, -0.2) is 0 Å². The second-order valence-electron chi connectivity index (χ2n) is 5.29. The van der Waals surface area contributed by atoms with E-state index in [0.717, 1.165) is 31.9 Å². The van der Waals surface area contributed by atoms with Crippen molar-refractivity contribution in [3.8, 4) is 11.5 Å². The molecule has 4 heteroatoms. The highest BCUT2D eigenvalue weighted by molar-refractivity contribution is 5.41. The Balaban J connectivity index is 1.88. The molecule has 0 bridgehead atoms. The number of phenols is 1. The molecule has 1 saturated heterocycles. The van der Waals surface area contributed by atoms with Gasteiger partial charge in [0.1, 0.15) is 0 Å². The number of ether oxygens (including phenoxy) is 2. The largest absolute Gasteiger partial charge is 0.504 e. The minimum Gasteiger partial charge on any atom is -0.504 e. The van der Waals surface area contributed by atoms with Gasteiger partial charge in [-0.1, -0.05) is 6.07 Å². The van der Waals surface area contributed by atoms with Gasteiger partial charge in [-0.05, 0) is 43.5 Å². The Morgan fingerprint density at radius 1 is 1.47 bits per heavy atom. The maximum atomic E-state index is 9.58. The van der Waals surface area contributed by atoms with Gasteiger partial charge in [0.05, 0.1) is 13.7 Å². The van der Waals surface area contributed by atoms with E-state index < -0.39 is 0 Å². The van der Waals surface area contributed by atoms with Gasteiger partial charge in [0, 0.05) is 19.7 Å². The van der Waals surface area contributed by atoms with E-state index in [-0.39, 0.29) is 5.75 Å². The van der Waals surface area contributed by atoms with Crippen LogP contribution < -0.4 is 4.74 Å². The molecule has 0 aromatic heterocycles. The van der Waals surface area contributed by atoms with E-state index in [9.17, 15) is 5.11 Å². The number of hydrogen-bond donors (Lipinski definition) is 1. The van der Waals surface area contributed by atoms with Gasteiger partial charge < -0.3 is 19.5 Å². The Bertz CT molecular complexity index is 402. The fourth-order valence-corrected chi connectivity index (χ4v) is 2.59. The van der Waals surface area contributed by atoms with Crippen molar-refractivity contribution in [1.29, 1.82) is 0 Å². The predicted octanol–water partition coefficient (Wildman–Crippen LogP) is 2.26. The first-order valence-electron chi connectivity index (χ1n) is 6.81. The van der Waals surface area contributed by atoms with Gasteiger partial charge in [-0.3, -0.25) is 0 Å².